The van der Waals surface area contributed by atoms with Crippen molar-refractivity contribution in [2.24, 2.45) is 0 Å². The summed E-state index contributed by atoms with van der Waals surface area (Å²) in [6.07, 6.45) is 5.49. The lowest BCUT2D eigenvalue weighted by molar-refractivity contribution is 0.122. The molecule has 33 heavy (non-hydrogen) atoms. The number of unbranched alkanes of at least 4 members (excludes halogenated alkanes) is 1. The molecule has 5 rings (SSSR count). The number of morpholine rings is 1. The molecule has 1 saturated heterocycles. The first-order chi connectivity index (χ1) is 16.3. The van der Waals surface area contributed by atoms with E-state index in [4.69, 9.17) is 14.5 Å². The highest BCUT2D eigenvalue weighted by Crippen LogP contribution is 2.27. The number of rotatable bonds is 8. The zero-order chi connectivity index (χ0) is 22.5. The third-order valence-corrected chi connectivity index (χ3v) is 5.54. The Morgan fingerprint density at radius 2 is 1.91 bits per heavy atom. The lowest BCUT2D eigenvalue weighted by atomic mass is 10.2. The molecule has 3 aromatic heterocycles. The summed E-state index contributed by atoms with van der Waals surface area (Å²) in [5.74, 6) is 1.09. The minimum absolute atomic E-state index is 0.479. The Labute approximate surface area is 192 Å². The molecule has 0 atom stereocenters. The van der Waals surface area contributed by atoms with Gasteiger partial charge in [0, 0.05) is 42.3 Å². The molecular weight excluding hydrogens is 418 g/mol. The van der Waals surface area contributed by atoms with E-state index in [0.717, 1.165) is 61.6 Å². The molecule has 0 bridgehead atoms. The van der Waals surface area contributed by atoms with E-state index in [0.29, 0.717) is 24.1 Å². The van der Waals surface area contributed by atoms with Crippen LogP contribution in [0, 0.1) is 0 Å². The van der Waals surface area contributed by atoms with Crippen LogP contribution in [0.15, 0.2) is 48.9 Å². The predicted octanol–water partition coefficient (Wildman–Crippen LogP) is 4.17. The maximum absolute atomic E-state index is 5.68. The molecule has 0 radical (unpaired) electrons. The maximum atomic E-state index is 5.68. The van der Waals surface area contributed by atoms with Crippen LogP contribution in [0.2, 0.25) is 0 Å². The highest BCUT2D eigenvalue weighted by Gasteiger charge is 2.14. The van der Waals surface area contributed by atoms with Crippen LogP contribution in [-0.4, -0.2) is 57.8 Å². The summed E-state index contributed by atoms with van der Waals surface area (Å²) in [7, 11) is 0. The first kappa shape index (κ1) is 21.1. The number of anilines is 3. The second kappa shape index (κ2) is 9.83. The van der Waals surface area contributed by atoms with Crippen molar-refractivity contribution in [3.63, 3.8) is 0 Å². The lowest BCUT2D eigenvalue weighted by Crippen LogP contribution is -2.36. The number of hydrogen-bond acceptors (Lipinski definition) is 8. The molecule has 1 aromatic carbocycles. The van der Waals surface area contributed by atoms with Gasteiger partial charge in [0.2, 0.25) is 11.8 Å². The Morgan fingerprint density at radius 3 is 2.67 bits per heavy atom. The summed E-state index contributed by atoms with van der Waals surface area (Å²) in [5.41, 5.74) is 5.05. The molecule has 170 valence electrons. The van der Waals surface area contributed by atoms with Crippen molar-refractivity contribution in [3.05, 3.63) is 48.9 Å². The maximum Gasteiger partial charge on any atom is 0.229 e. The van der Waals surface area contributed by atoms with Gasteiger partial charge >= 0.3 is 0 Å². The number of aromatic amines is 1. The van der Waals surface area contributed by atoms with Crippen molar-refractivity contribution >= 4 is 28.5 Å². The fourth-order valence-corrected chi connectivity index (χ4v) is 3.73. The van der Waals surface area contributed by atoms with Gasteiger partial charge in [0.1, 0.15) is 11.2 Å². The number of nitrogens with zero attached hydrogens (tertiary/aromatic N) is 5. The Bertz CT molecular complexity index is 1190. The molecule has 4 heterocycles. The van der Waals surface area contributed by atoms with Crippen molar-refractivity contribution in [1.29, 1.82) is 0 Å². The largest absolute Gasteiger partial charge is 0.478 e. The molecular formula is C24H27N7O2. The van der Waals surface area contributed by atoms with E-state index in [1.807, 2.05) is 24.3 Å². The van der Waals surface area contributed by atoms with Gasteiger partial charge in [-0.05, 0) is 36.8 Å². The number of H-pyrrole nitrogens is 1. The summed E-state index contributed by atoms with van der Waals surface area (Å²) < 4.78 is 11.1. The monoisotopic (exact) mass is 445 g/mol. The highest BCUT2D eigenvalue weighted by molar-refractivity contribution is 5.88. The Kier molecular flexibility index (Phi) is 6.30. The molecule has 9 heteroatoms. The molecule has 0 spiro atoms. The molecule has 0 aliphatic carbocycles. The molecule has 0 amide bonds. The Morgan fingerprint density at radius 1 is 1.06 bits per heavy atom. The number of ether oxygens (including phenoxy) is 2. The highest BCUT2D eigenvalue weighted by atomic mass is 16.5. The van der Waals surface area contributed by atoms with Crippen molar-refractivity contribution < 1.29 is 9.47 Å². The van der Waals surface area contributed by atoms with E-state index >= 15 is 0 Å². The third-order valence-electron chi connectivity index (χ3n) is 5.54. The molecule has 1 fully saturated rings. The van der Waals surface area contributed by atoms with Crippen molar-refractivity contribution in [2.75, 3.05) is 43.1 Å². The standard InChI is InChI=1S/C24H27N7O2/c1-2-3-12-33-20-9-4-17(15-25-20)21-22-23(27-16-26-22)30-24(29-21)28-18-5-7-19(8-6-18)31-10-13-32-14-11-31/h4-9,15-16H,2-3,10-14H2,1H3,(H2,26,27,28,29,30). The normalized spacial score (nSPS) is 13.9. The van der Waals surface area contributed by atoms with Gasteiger partial charge in [0.05, 0.1) is 26.1 Å². The molecule has 0 unspecified atom stereocenters. The number of aromatic nitrogens is 5. The van der Waals surface area contributed by atoms with Crippen molar-refractivity contribution in [3.8, 4) is 17.1 Å². The van der Waals surface area contributed by atoms with Crippen LogP contribution >= 0.6 is 0 Å². The van der Waals surface area contributed by atoms with Crippen LogP contribution in [0.25, 0.3) is 22.4 Å². The van der Waals surface area contributed by atoms with Crippen LogP contribution in [-0.2, 0) is 4.74 Å². The van der Waals surface area contributed by atoms with Crippen LogP contribution < -0.4 is 15.0 Å². The predicted molar refractivity (Wildman–Crippen MR) is 128 cm³/mol. The van der Waals surface area contributed by atoms with Crippen LogP contribution in [0.3, 0.4) is 0 Å². The average Bonchev–Trinajstić information content (AvgIpc) is 3.34. The molecule has 1 aliphatic rings. The first-order valence-corrected chi connectivity index (χ1v) is 11.3. The van der Waals surface area contributed by atoms with Gasteiger partial charge < -0.3 is 24.7 Å². The van der Waals surface area contributed by atoms with Gasteiger partial charge in [-0.15, -0.1) is 0 Å². The Balaban J connectivity index is 1.36. The van der Waals surface area contributed by atoms with E-state index < -0.39 is 0 Å². The zero-order valence-corrected chi connectivity index (χ0v) is 18.6. The molecule has 1 aliphatic heterocycles. The third kappa shape index (κ3) is 4.88. The van der Waals surface area contributed by atoms with Gasteiger partial charge in [-0.1, -0.05) is 13.3 Å². The smallest absolute Gasteiger partial charge is 0.229 e. The average molecular weight is 446 g/mol. The summed E-state index contributed by atoms with van der Waals surface area (Å²) in [6.45, 7) is 6.15. The number of pyridine rings is 1. The SMILES string of the molecule is CCCCOc1ccc(-c2nc(Nc3ccc(N4CCOCC4)cc3)nc3nc[nH]c23)cn1. The minimum atomic E-state index is 0.479. The number of nitrogens with one attached hydrogen (secondary N) is 2. The molecule has 2 N–H and O–H groups in total. The summed E-state index contributed by atoms with van der Waals surface area (Å²) in [5, 5.41) is 3.31. The number of hydrogen-bond donors (Lipinski definition) is 2. The molecule has 9 nitrogen and oxygen atoms in total. The number of imidazole rings is 1. The second-order valence-electron chi connectivity index (χ2n) is 7.86. The number of fused-ring (bicyclic) bond motifs is 1. The fraction of sp³-hybridized carbons (Fsp3) is 0.333. The van der Waals surface area contributed by atoms with E-state index in [2.05, 4.69) is 49.2 Å². The van der Waals surface area contributed by atoms with E-state index in [1.54, 1.807) is 12.5 Å². The topological polar surface area (TPSA) is 101 Å². The second-order valence-corrected chi connectivity index (χ2v) is 7.86. The summed E-state index contributed by atoms with van der Waals surface area (Å²) >= 11 is 0. The van der Waals surface area contributed by atoms with Gasteiger partial charge in [-0.25, -0.2) is 15.0 Å². The van der Waals surface area contributed by atoms with E-state index in [-0.39, 0.29) is 0 Å². The van der Waals surface area contributed by atoms with Crippen molar-refractivity contribution in [1.82, 2.24) is 24.9 Å². The summed E-state index contributed by atoms with van der Waals surface area (Å²) in [6, 6.07) is 12.1. The van der Waals surface area contributed by atoms with Gasteiger partial charge in [-0.2, -0.15) is 4.98 Å². The van der Waals surface area contributed by atoms with E-state index in [9.17, 15) is 0 Å². The zero-order valence-electron chi connectivity index (χ0n) is 18.6. The van der Waals surface area contributed by atoms with E-state index in [1.165, 1.54) is 5.69 Å². The van der Waals surface area contributed by atoms with Crippen LogP contribution in [0.1, 0.15) is 19.8 Å². The van der Waals surface area contributed by atoms with Gasteiger partial charge in [-0.3, -0.25) is 0 Å². The quantitative estimate of drug-likeness (QED) is 0.390. The lowest BCUT2D eigenvalue weighted by Gasteiger charge is -2.28. The Hall–Kier alpha value is -3.72. The summed E-state index contributed by atoms with van der Waals surface area (Å²) in [4.78, 5) is 23.5. The van der Waals surface area contributed by atoms with Crippen LogP contribution in [0.5, 0.6) is 5.88 Å². The van der Waals surface area contributed by atoms with Crippen molar-refractivity contribution in [2.45, 2.75) is 19.8 Å². The molecule has 0 saturated carbocycles. The van der Waals surface area contributed by atoms with Crippen LogP contribution in [0.4, 0.5) is 17.3 Å². The fourth-order valence-electron chi connectivity index (χ4n) is 3.73. The number of benzene rings is 1. The van der Waals surface area contributed by atoms with Gasteiger partial charge in [0.25, 0.3) is 0 Å². The molecule has 4 aromatic rings. The van der Waals surface area contributed by atoms with Gasteiger partial charge in [0.15, 0.2) is 5.65 Å². The minimum Gasteiger partial charge on any atom is -0.478 e. The first-order valence-electron chi connectivity index (χ1n) is 11.3.